The Bertz CT molecular complexity index is 515. The molecular weight excluding hydrogens is 262 g/mol. The van der Waals surface area contributed by atoms with Crippen molar-refractivity contribution in [1.82, 2.24) is 4.90 Å². The molecule has 0 spiro atoms. The molecule has 4 atom stereocenters. The summed E-state index contributed by atoms with van der Waals surface area (Å²) >= 11 is 0. The number of carbonyl (C=O) groups excluding carboxylic acids is 1. The predicted octanol–water partition coefficient (Wildman–Crippen LogP) is 3.02. The van der Waals surface area contributed by atoms with Gasteiger partial charge in [-0.25, -0.2) is 0 Å². The quantitative estimate of drug-likeness (QED) is 0.836. The van der Waals surface area contributed by atoms with Crippen molar-refractivity contribution in [3.8, 4) is 0 Å². The molecule has 1 aliphatic heterocycles. The molecule has 3 fully saturated rings. The van der Waals surface area contributed by atoms with E-state index in [4.69, 9.17) is 4.74 Å². The molecule has 2 bridgehead atoms. The van der Waals surface area contributed by atoms with Gasteiger partial charge in [0, 0.05) is 12.5 Å². The normalized spacial score (nSPS) is 35.1. The van der Waals surface area contributed by atoms with Gasteiger partial charge in [-0.2, -0.15) is 0 Å². The number of morpholine rings is 1. The standard InChI is InChI=1S/C18H23NO2/c20-18(16-11-13-6-7-15(16)10-13)19-8-9-21-17(12-19)14-4-2-1-3-5-14/h1-5,13,15-17H,6-12H2. The number of ether oxygens (including phenoxy) is 1. The highest BCUT2D eigenvalue weighted by Crippen LogP contribution is 2.49. The van der Waals surface area contributed by atoms with Gasteiger partial charge in [-0.05, 0) is 36.7 Å². The molecule has 1 aromatic rings. The highest BCUT2D eigenvalue weighted by Gasteiger charge is 2.44. The fourth-order valence-electron chi connectivity index (χ4n) is 4.50. The van der Waals surface area contributed by atoms with Gasteiger partial charge in [-0.3, -0.25) is 4.79 Å². The van der Waals surface area contributed by atoms with Crippen molar-refractivity contribution < 1.29 is 9.53 Å². The largest absolute Gasteiger partial charge is 0.370 e. The zero-order valence-electron chi connectivity index (χ0n) is 12.4. The fourth-order valence-corrected chi connectivity index (χ4v) is 4.50. The van der Waals surface area contributed by atoms with Gasteiger partial charge in [0.2, 0.25) is 5.91 Å². The van der Waals surface area contributed by atoms with Gasteiger partial charge in [0.05, 0.1) is 13.2 Å². The maximum atomic E-state index is 12.8. The van der Waals surface area contributed by atoms with Crippen molar-refractivity contribution in [3.05, 3.63) is 35.9 Å². The number of nitrogens with zero attached hydrogens (tertiary/aromatic N) is 1. The lowest BCUT2D eigenvalue weighted by Crippen LogP contribution is -2.45. The van der Waals surface area contributed by atoms with E-state index in [-0.39, 0.29) is 6.10 Å². The van der Waals surface area contributed by atoms with Gasteiger partial charge in [0.1, 0.15) is 6.10 Å². The van der Waals surface area contributed by atoms with Crippen LogP contribution in [0.1, 0.15) is 37.4 Å². The highest BCUT2D eigenvalue weighted by molar-refractivity contribution is 5.79. The molecule has 0 N–H and O–H groups in total. The average Bonchev–Trinajstić information content (AvgIpc) is 3.18. The van der Waals surface area contributed by atoms with Crippen LogP contribution in [0.25, 0.3) is 0 Å². The molecule has 3 heteroatoms. The molecule has 0 aromatic heterocycles. The molecule has 4 unspecified atom stereocenters. The Morgan fingerprint density at radius 1 is 1.14 bits per heavy atom. The van der Waals surface area contributed by atoms with Crippen LogP contribution in [0.15, 0.2) is 30.3 Å². The average molecular weight is 285 g/mol. The monoisotopic (exact) mass is 285 g/mol. The van der Waals surface area contributed by atoms with E-state index in [1.807, 2.05) is 18.2 Å². The van der Waals surface area contributed by atoms with E-state index >= 15 is 0 Å². The number of rotatable bonds is 2. The van der Waals surface area contributed by atoms with E-state index in [1.165, 1.54) is 24.8 Å². The molecule has 0 radical (unpaired) electrons. The first kappa shape index (κ1) is 13.3. The first-order valence-corrected chi connectivity index (χ1v) is 8.26. The summed E-state index contributed by atoms with van der Waals surface area (Å²) in [5, 5.41) is 0. The zero-order chi connectivity index (χ0) is 14.2. The van der Waals surface area contributed by atoms with Crippen LogP contribution >= 0.6 is 0 Å². The second-order valence-corrected chi connectivity index (χ2v) is 6.84. The second-order valence-electron chi connectivity index (χ2n) is 6.84. The van der Waals surface area contributed by atoms with Crippen LogP contribution in [-0.2, 0) is 9.53 Å². The number of hydrogen-bond acceptors (Lipinski definition) is 2. The topological polar surface area (TPSA) is 29.5 Å². The van der Waals surface area contributed by atoms with Gasteiger partial charge < -0.3 is 9.64 Å². The summed E-state index contributed by atoms with van der Waals surface area (Å²) in [7, 11) is 0. The third kappa shape index (κ3) is 2.48. The fraction of sp³-hybridized carbons (Fsp3) is 0.611. The van der Waals surface area contributed by atoms with Crippen LogP contribution in [0.3, 0.4) is 0 Å². The van der Waals surface area contributed by atoms with Gasteiger partial charge in [-0.1, -0.05) is 36.8 Å². The minimum absolute atomic E-state index is 0.0440. The van der Waals surface area contributed by atoms with Crippen LogP contribution < -0.4 is 0 Å². The summed E-state index contributed by atoms with van der Waals surface area (Å²) < 4.78 is 5.88. The Morgan fingerprint density at radius 3 is 2.71 bits per heavy atom. The Labute approximate surface area is 126 Å². The lowest BCUT2D eigenvalue weighted by molar-refractivity contribution is -0.145. The zero-order valence-corrected chi connectivity index (χ0v) is 12.4. The predicted molar refractivity (Wildman–Crippen MR) is 80.7 cm³/mol. The third-order valence-corrected chi connectivity index (χ3v) is 5.60. The summed E-state index contributed by atoms with van der Waals surface area (Å²) in [6.07, 6.45) is 5.10. The number of hydrogen-bond donors (Lipinski definition) is 0. The lowest BCUT2D eigenvalue weighted by Gasteiger charge is -2.36. The third-order valence-electron chi connectivity index (χ3n) is 5.60. The van der Waals surface area contributed by atoms with Crippen molar-refractivity contribution >= 4 is 5.91 Å². The van der Waals surface area contributed by atoms with E-state index in [0.29, 0.717) is 24.3 Å². The van der Waals surface area contributed by atoms with Crippen LogP contribution in [0.2, 0.25) is 0 Å². The Balaban J connectivity index is 1.44. The molecule has 1 heterocycles. The SMILES string of the molecule is O=C(C1CC2CCC1C2)N1CCOC(c2ccccc2)C1. The first-order valence-electron chi connectivity index (χ1n) is 8.26. The Kier molecular flexibility index (Phi) is 3.46. The van der Waals surface area contributed by atoms with Crippen LogP contribution in [0.5, 0.6) is 0 Å². The summed E-state index contributed by atoms with van der Waals surface area (Å²) in [4.78, 5) is 14.9. The molecule has 112 valence electrons. The summed E-state index contributed by atoms with van der Waals surface area (Å²) in [5.41, 5.74) is 1.18. The van der Waals surface area contributed by atoms with Crippen molar-refractivity contribution in [2.45, 2.75) is 31.8 Å². The molecule has 1 saturated heterocycles. The molecule has 4 rings (SSSR count). The second kappa shape index (κ2) is 5.45. The Morgan fingerprint density at radius 2 is 2.00 bits per heavy atom. The first-order chi connectivity index (χ1) is 10.3. The summed E-state index contributed by atoms with van der Waals surface area (Å²) in [6, 6.07) is 10.3. The van der Waals surface area contributed by atoms with E-state index in [9.17, 15) is 4.79 Å². The minimum atomic E-state index is 0.0440. The maximum absolute atomic E-state index is 12.8. The van der Waals surface area contributed by atoms with Crippen molar-refractivity contribution in [2.75, 3.05) is 19.7 Å². The van der Waals surface area contributed by atoms with Crippen molar-refractivity contribution in [3.63, 3.8) is 0 Å². The number of benzene rings is 1. The van der Waals surface area contributed by atoms with Crippen LogP contribution in [0.4, 0.5) is 0 Å². The van der Waals surface area contributed by atoms with E-state index in [2.05, 4.69) is 17.0 Å². The van der Waals surface area contributed by atoms with E-state index in [0.717, 1.165) is 25.4 Å². The molecule has 2 saturated carbocycles. The van der Waals surface area contributed by atoms with Gasteiger partial charge >= 0.3 is 0 Å². The van der Waals surface area contributed by atoms with Gasteiger partial charge in [0.15, 0.2) is 0 Å². The van der Waals surface area contributed by atoms with E-state index < -0.39 is 0 Å². The molecule has 1 aromatic carbocycles. The number of fused-ring (bicyclic) bond motifs is 2. The molecular formula is C18H23NO2. The van der Waals surface area contributed by atoms with Crippen LogP contribution in [0, 0.1) is 17.8 Å². The van der Waals surface area contributed by atoms with Crippen molar-refractivity contribution in [2.24, 2.45) is 17.8 Å². The Hall–Kier alpha value is -1.35. The van der Waals surface area contributed by atoms with Crippen molar-refractivity contribution in [1.29, 1.82) is 0 Å². The smallest absolute Gasteiger partial charge is 0.226 e. The van der Waals surface area contributed by atoms with Gasteiger partial charge in [0.25, 0.3) is 0 Å². The number of carbonyl (C=O) groups is 1. The number of amides is 1. The molecule has 2 aliphatic carbocycles. The molecule has 3 nitrogen and oxygen atoms in total. The van der Waals surface area contributed by atoms with Gasteiger partial charge in [-0.15, -0.1) is 0 Å². The maximum Gasteiger partial charge on any atom is 0.226 e. The summed E-state index contributed by atoms with van der Waals surface area (Å²) in [6.45, 7) is 2.14. The van der Waals surface area contributed by atoms with E-state index in [1.54, 1.807) is 0 Å². The minimum Gasteiger partial charge on any atom is -0.370 e. The molecule has 1 amide bonds. The molecule has 21 heavy (non-hydrogen) atoms. The molecule has 3 aliphatic rings. The lowest BCUT2D eigenvalue weighted by atomic mass is 9.87. The van der Waals surface area contributed by atoms with Crippen LogP contribution in [-0.4, -0.2) is 30.5 Å². The summed E-state index contributed by atoms with van der Waals surface area (Å²) in [5.74, 6) is 2.19. The highest BCUT2D eigenvalue weighted by atomic mass is 16.5.